The molecule has 0 unspecified atom stereocenters. The fourth-order valence-corrected chi connectivity index (χ4v) is 5.55. The van der Waals surface area contributed by atoms with Gasteiger partial charge in [0.25, 0.3) is 0 Å². The summed E-state index contributed by atoms with van der Waals surface area (Å²) in [4.78, 5) is 11.9. The smallest absolute Gasteiger partial charge is 0.164 e. The number of Topliss-reactive ketones (excluding diaryl/α,β-unsaturated/α-hetero) is 1. The van der Waals surface area contributed by atoms with Gasteiger partial charge in [-0.1, -0.05) is 62.6 Å². The Kier molecular flexibility index (Phi) is 9.20. The summed E-state index contributed by atoms with van der Waals surface area (Å²) in [6.45, 7) is 12.7. The van der Waals surface area contributed by atoms with E-state index < -0.39 is 17.9 Å². The zero-order valence-corrected chi connectivity index (χ0v) is 21.3. The van der Waals surface area contributed by atoms with Crippen LogP contribution in [0.25, 0.3) is 0 Å². The molecule has 2 aromatic carbocycles. The molecule has 0 aliphatic rings. The van der Waals surface area contributed by atoms with Crippen LogP contribution in [0, 0.1) is 0 Å². The van der Waals surface area contributed by atoms with Crippen molar-refractivity contribution < 1.29 is 4.79 Å². The number of hydrogen-bond donors (Lipinski definition) is 0. The van der Waals surface area contributed by atoms with Crippen molar-refractivity contribution >= 4 is 46.5 Å². The summed E-state index contributed by atoms with van der Waals surface area (Å²) in [5.41, 5.74) is 4.03. The van der Waals surface area contributed by atoms with Gasteiger partial charge in [0, 0.05) is 29.9 Å². The summed E-state index contributed by atoms with van der Waals surface area (Å²) in [5.74, 6) is 0.123. The third-order valence-corrected chi connectivity index (χ3v) is 7.24. The number of rotatable bonds is 10. The van der Waals surface area contributed by atoms with Gasteiger partial charge >= 0.3 is 0 Å². The molecule has 0 heterocycles. The molecule has 0 bridgehead atoms. The lowest BCUT2D eigenvalue weighted by Crippen LogP contribution is -2.32. The van der Waals surface area contributed by atoms with E-state index in [1.807, 2.05) is 43.3 Å². The van der Waals surface area contributed by atoms with Crippen molar-refractivity contribution in [3.63, 3.8) is 0 Å². The van der Waals surface area contributed by atoms with E-state index in [1.54, 1.807) is 6.92 Å². The molecule has 2 rings (SSSR count). The zero-order valence-electron chi connectivity index (χ0n) is 19.0. The first kappa shape index (κ1) is 23.8. The minimum Gasteiger partial charge on any atom is -0.300 e. The van der Waals surface area contributed by atoms with Crippen molar-refractivity contribution in [2.75, 3.05) is 9.35 Å². The second-order valence-electron chi connectivity index (χ2n) is 8.10. The lowest BCUT2D eigenvalue weighted by molar-refractivity contribution is -0.115. The van der Waals surface area contributed by atoms with E-state index in [2.05, 4.69) is 59.8 Å². The van der Waals surface area contributed by atoms with Crippen molar-refractivity contribution in [1.29, 1.82) is 0 Å². The molecule has 0 amide bonds. The van der Waals surface area contributed by atoms with Crippen LogP contribution in [-0.4, -0.2) is 35.1 Å². The second-order valence-corrected chi connectivity index (χ2v) is 13.5. The summed E-state index contributed by atoms with van der Waals surface area (Å²) < 4.78 is 4.28. The van der Waals surface area contributed by atoms with Crippen molar-refractivity contribution in [1.82, 2.24) is 0 Å². The molecule has 0 atom stereocenters. The maximum Gasteiger partial charge on any atom is 0.164 e. The number of benzene rings is 2. The summed E-state index contributed by atoms with van der Waals surface area (Å²) in [5, 5.41) is 9.88. The molecule has 2 aromatic rings. The van der Waals surface area contributed by atoms with Crippen LogP contribution in [0.1, 0.15) is 26.7 Å². The van der Waals surface area contributed by atoms with Gasteiger partial charge in [0.1, 0.15) is 5.78 Å². The van der Waals surface area contributed by atoms with Gasteiger partial charge in [-0.3, -0.25) is 14.1 Å². The standard InChI is InChI=1S/C23H34N4OSi2/c1-19(24-26(29(3)4)22-13-9-7-10-14-22)17-21(18-20(2)28)25-27(30(5)6)23-15-11-8-12-16-23/h7-16,29-30H,17-18H2,1-6H3. The SMILES string of the molecule is CC(=O)CC(CC(C)=NN(c1ccccc1)[SiH](C)C)=NN(c1ccccc1)[SiH](C)C. The van der Waals surface area contributed by atoms with E-state index in [-0.39, 0.29) is 5.78 Å². The highest BCUT2D eigenvalue weighted by Gasteiger charge is 2.16. The van der Waals surface area contributed by atoms with Crippen molar-refractivity contribution in [2.24, 2.45) is 10.2 Å². The van der Waals surface area contributed by atoms with Crippen LogP contribution in [0.15, 0.2) is 70.9 Å². The highest BCUT2D eigenvalue weighted by Crippen LogP contribution is 2.18. The minimum absolute atomic E-state index is 0.123. The molecule has 0 N–H and O–H groups in total. The highest BCUT2D eigenvalue weighted by molar-refractivity contribution is 6.60. The van der Waals surface area contributed by atoms with Crippen LogP contribution in [0.4, 0.5) is 11.4 Å². The molecule has 0 fully saturated rings. The second kappa shape index (κ2) is 11.6. The van der Waals surface area contributed by atoms with Gasteiger partial charge in [-0.2, -0.15) is 10.2 Å². The fraction of sp³-hybridized carbons (Fsp3) is 0.348. The molecule has 0 aliphatic heterocycles. The Morgan fingerprint density at radius 3 is 1.57 bits per heavy atom. The van der Waals surface area contributed by atoms with Crippen LogP contribution in [0.2, 0.25) is 26.2 Å². The van der Waals surface area contributed by atoms with Crippen molar-refractivity contribution in [3.8, 4) is 0 Å². The number of carbonyl (C=O) groups excluding carboxylic acids is 1. The quantitative estimate of drug-likeness (QED) is 0.296. The molecule has 7 heteroatoms. The van der Waals surface area contributed by atoms with Gasteiger partial charge in [-0.25, -0.2) is 0 Å². The first-order valence-electron chi connectivity index (χ1n) is 10.6. The normalized spacial score (nSPS) is 12.4. The van der Waals surface area contributed by atoms with Gasteiger partial charge in [-0.15, -0.1) is 0 Å². The topological polar surface area (TPSA) is 48.3 Å². The van der Waals surface area contributed by atoms with Crippen LogP contribution >= 0.6 is 0 Å². The lowest BCUT2D eigenvalue weighted by Gasteiger charge is -2.26. The number of hydrogen-bond acceptors (Lipinski definition) is 5. The molecule has 0 saturated carbocycles. The average Bonchev–Trinajstić information content (AvgIpc) is 2.70. The molecule has 160 valence electrons. The Morgan fingerprint density at radius 2 is 1.17 bits per heavy atom. The van der Waals surface area contributed by atoms with Crippen molar-refractivity contribution in [3.05, 3.63) is 60.7 Å². The molecule has 0 radical (unpaired) electrons. The third kappa shape index (κ3) is 7.38. The van der Waals surface area contributed by atoms with E-state index in [1.165, 1.54) is 0 Å². The predicted octanol–water partition coefficient (Wildman–Crippen LogP) is 5.07. The molecular formula is C23H34N4OSi2. The Balaban J connectivity index is 2.33. The van der Waals surface area contributed by atoms with E-state index in [9.17, 15) is 4.79 Å². The fourth-order valence-electron chi connectivity index (χ4n) is 3.19. The number of anilines is 2. The van der Waals surface area contributed by atoms with E-state index >= 15 is 0 Å². The van der Waals surface area contributed by atoms with E-state index in [0.29, 0.717) is 12.8 Å². The summed E-state index contributed by atoms with van der Waals surface area (Å²) >= 11 is 0. The maximum atomic E-state index is 11.9. The molecule has 5 nitrogen and oxygen atoms in total. The summed E-state index contributed by atoms with van der Waals surface area (Å²) in [6.07, 6.45) is 0.941. The number of hydrazone groups is 2. The maximum absolute atomic E-state index is 11.9. The molecule has 0 aliphatic carbocycles. The minimum atomic E-state index is -1.26. The zero-order chi connectivity index (χ0) is 22.1. The van der Waals surface area contributed by atoms with Gasteiger partial charge in [0.2, 0.25) is 0 Å². The van der Waals surface area contributed by atoms with Gasteiger partial charge < -0.3 is 0 Å². The largest absolute Gasteiger partial charge is 0.300 e. The van der Waals surface area contributed by atoms with Crippen LogP contribution in [-0.2, 0) is 4.79 Å². The summed E-state index contributed by atoms with van der Waals surface area (Å²) in [7, 11) is -2.46. The lowest BCUT2D eigenvalue weighted by atomic mass is 10.1. The van der Waals surface area contributed by atoms with E-state index in [4.69, 9.17) is 10.2 Å². The van der Waals surface area contributed by atoms with Gasteiger partial charge in [0.15, 0.2) is 17.9 Å². The van der Waals surface area contributed by atoms with Crippen LogP contribution in [0.5, 0.6) is 0 Å². The molecule has 0 saturated heterocycles. The first-order valence-corrected chi connectivity index (χ1v) is 16.2. The molecule has 30 heavy (non-hydrogen) atoms. The molecule has 0 aromatic heterocycles. The molecule has 0 spiro atoms. The highest BCUT2D eigenvalue weighted by atomic mass is 28.3. The Bertz CT molecular complexity index is 867. The van der Waals surface area contributed by atoms with Crippen LogP contribution < -0.4 is 9.35 Å². The third-order valence-electron chi connectivity index (χ3n) is 4.46. The Morgan fingerprint density at radius 1 is 0.733 bits per heavy atom. The average molecular weight is 439 g/mol. The first-order chi connectivity index (χ1) is 14.3. The number of ketones is 1. The number of para-hydroxylation sites is 2. The summed E-state index contributed by atoms with van der Waals surface area (Å²) in [6, 6.07) is 20.5. The van der Waals surface area contributed by atoms with Gasteiger partial charge in [0.05, 0.1) is 5.71 Å². The monoisotopic (exact) mass is 438 g/mol. The number of carbonyl (C=O) groups is 1. The van der Waals surface area contributed by atoms with Crippen molar-refractivity contribution in [2.45, 2.75) is 52.9 Å². The Labute approximate surface area is 184 Å². The van der Waals surface area contributed by atoms with Gasteiger partial charge in [-0.05, 0) is 38.1 Å². The predicted molar refractivity (Wildman–Crippen MR) is 136 cm³/mol. The van der Waals surface area contributed by atoms with E-state index in [0.717, 1.165) is 22.8 Å². The Hall–Kier alpha value is -2.52. The number of nitrogens with zero attached hydrogens (tertiary/aromatic N) is 4. The van der Waals surface area contributed by atoms with Crippen LogP contribution in [0.3, 0.4) is 0 Å². The molecular weight excluding hydrogens is 404 g/mol.